The van der Waals surface area contributed by atoms with Gasteiger partial charge in [0.2, 0.25) is 0 Å². The molecular weight excluding hydrogens is 297 g/mol. The lowest BCUT2D eigenvalue weighted by Gasteiger charge is -2.14. The molecule has 3 nitrogen and oxygen atoms in total. The highest BCUT2D eigenvalue weighted by Crippen LogP contribution is 2.24. The molecule has 0 aliphatic rings. The highest BCUT2D eigenvalue weighted by Gasteiger charge is 2.14. The summed E-state index contributed by atoms with van der Waals surface area (Å²) in [5, 5.41) is 0.541. The van der Waals surface area contributed by atoms with E-state index in [4.69, 9.17) is 23.8 Å². The minimum absolute atomic E-state index is 0.124. The zero-order valence-electron chi connectivity index (χ0n) is 10.6. The van der Waals surface area contributed by atoms with Crippen LogP contribution in [-0.4, -0.2) is 14.5 Å². The molecule has 0 fully saturated rings. The molecule has 0 amide bonds. The summed E-state index contributed by atoms with van der Waals surface area (Å²) in [7, 11) is 0. The molecule has 1 aromatic carbocycles. The molecule has 1 N–H and O–H groups in total. The van der Waals surface area contributed by atoms with E-state index in [2.05, 4.69) is 9.97 Å². The van der Waals surface area contributed by atoms with Gasteiger partial charge in [-0.25, -0.2) is 9.37 Å². The first-order chi connectivity index (χ1) is 9.56. The molecule has 0 radical (unpaired) electrons. The Morgan fingerprint density at radius 3 is 2.95 bits per heavy atom. The van der Waals surface area contributed by atoms with Crippen molar-refractivity contribution in [3.63, 3.8) is 0 Å². The van der Waals surface area contributed by atoms with Crippen LogP contribution in [0.1, 0.15) is 18.5 Å². The zero-order chi connectivity index (χ0) is 14.3. The second-order valence-electron chi connectivity index (χ2n) is 4.56. The van der Waals surface area contributed by atoms with Crippen LogP contribution in [-0.2, 0) is 0 Å². The Morgan fingerprint density at radius 2 is 2.20 bits per heavy atom. The number of fused-ring (bicyclic) bond motifs is 1. The van der Waals surface area contributed by atoms with Gasteiger partial charge >= 0.3 is 0 Å². The number of imidazole rings is 1. The van der Waals surface area contributed by atoms with Gasteiger partial charge in [-0.05, 0) is 42.9 Å². The van der Waals surface area contributed by atoms with Gasteiger partial charge in [-0.2, -0.15) is 0 Å². The molecule has 0 saturated carbocycles. The summed E-state index contributed by atoms with van der Waals surface area (Å²) < 4.78 is 15.8. The number of nitrogens with one attached hydrogen (secondary N) is 1. The Balaban J connectivity index is 2.19. The van der Waals surface area contributed by atoms with E-state index in [-0.39, 0.29) is 11.9 Å². The quantitative estimate of drug-likeness (QED) is 0.707. The molecule has 0 spiro atoms. The van der Waals surface area contributed by atoms with Crippen LogP contribution in [0.4, 0.5) is 4.39 Å². The molecule has 3 rings (SSSR count). The lowest BCUT2D eigenvalue weighted by atomic mass is 10.1. The number of rotatable bonds is 2. The Kier molecular flexibility index (Phi) is 3.31. The Bertz CT molecular complexity index is 840. The van der Waals surface area contributed by atoms with E-state index in [1.807, 2.05) is 17.6 Å². The smallest absolute Gasteiger partial charge is 0.179 e. The second-order valence-corrected chi connectivity index (χ2v) is 5.38. The number of hydrogen-bond acceptors (Lipinski definition) is 2. The van der Waals surface area contributed by atoms with Gasteiger partial charge < -0.3 is 4.98 Å². The molecule has 1 atom stereocenters. The van der Waals surface area contributed by atoms with Crippen molar-refractivity contribution in [1.29, 1.82) is 0 Å². The van der Waals surface area contributed by atoms with Crippen LogP contribution in [0.5, 0.6) is 0 Å². The van der Waals surface area contributed by atoms with Gasteiger partial charge in [0.05, 0.1) is 16.6 Å². The van der Waals surface area contributed by atoms with Crippen LogP contribution in [0.2, 0.25) is 5.02 Å². The molecule has 1 unspecified atom stereocenters. The predicted molar refractivity (Wildman–Crippen MR) is 80.1 cm³/mol. The maximum Gasteiger partial charge on any atom is 0.179 e. The molecule has 6 heteroatoms. The second kappa shape index (κ2) is 5.00. The maximum absolute atomic E-state index is 13.4. The van der Waals surface area contributed by atoms with Crippen LogP contribution >= 0.6 is 23.8 Å². The fourth-order valence-electron chi connectivity index (χ4n) is 2.26. The van der Waals surface area contributed by atoms with E-state index in [9.17, 15) is 4.39 Å². The molecule has 102 valence electrons. The Hall–Kier alpha value is -1.72. The number of aromatic nitrogens is 3. The minimum Gasteiger partial charge on any atom is -0.329 e. The molecule has 2 heterocycles. The molecule has 0 aliphatic carbocycles. The highest BCUT2D eigenvalue weighted by atomic mass is 35.5. The highest BCUT2D eigenvalue weighted by molar-refractivity contribution is 7.71. The molecule has 2 aromatic heterocycles. The van der Waals surface area contributed by atoms with Gasteiger partial charge in [-0.3, -0.25) is 4.57 Å². The topological polar surface area (TPSA) is 33.6 Å². The summed E-state index contributed by atoms with van der Waals surface area (Å²) in [6.07, 6.45) is 1.57. The summed E-state index contributed by atoms with van der Waals surface area (Å²) in [5.74, 6) is -0.267. The lowest BCUT2D eigenvalue weighted by molar-refractivity contribution is 0.606. The SMILES string of the molecule is CC(c1cccc(F)c1)n1c(=S)[nH]c2cc(Cl)cnc21. The number of pyridine rings is 1. The number of aromatic amines is 1. The average Bonchev–Trinajstić information content (AvgIpc) is 2.73. The van der Waals surface area contributed by atoms with Gasteiger partial charge in [-0.15, -0.1) is 0 Å². The fraction of sp³-hybridized carbons (Fsp3) is 0.143. The molecular formula is C14H11ClFN3S. The third kappa shape index (κ3) is 2.23. The van der Waals surface area contributed by atoms with Gasteiger partial charge in [0, 0.05) is 6.20 Å². The van der Waals surface area contributed by atoms with Crippen LogP contribution in [0.25, 0.3) is 11.2 Å². The van der Waals surface area contributed by atoms with E-state index in [1.165, 1.54) is 12.1 Å². The molecule has 3 aromatic rings. The maximum atomic E-state index is 13.4. The van der Waals surface area contributed by atoms with Crippen molar-refractivity contribution in [2.75, 3.05) is 0 Å². The van der Waals surface area contributed by atoms with Crippen molar-refractivity contribution in [3.8, 4) is 0 Å². The van der Waals surface area contributed by atoms with Crippen LogP contribution in [0.3, 0.4) is 0 Å². The first-order valence-electron chi connectivity index (χ1n) is 6.07. The number of halogens is 2. The van der Waals surface area contributed by atoms with E-state index >= 15 is 0 Å². The predicted octanol–water partition coefficient (Wildman–Crippen LogP) is 4.50. The molecule has 20 heavy (non-hydrogen) atoms. The van der Waals surface area contributed by atoms with E-state index in [0.29, 0.717) is 15.4 Å². The van der Waals surface area contributed by atoms with E-state index in [0.717, 1.165) is 11.1 Å². The van der Waals surface area contributed by atoms with Crippen molar-refractivity contribution in [2.24, 2.45) is 0 Å². The Labute approximate surface area is 125 Å². The summed E-state index contributed by atoms with van der Waals surface area (Å²) in [5.41, 5.74) is 2.31. The normalized spacial score (nSPS) is 12.8. The largest absolute Gasteiger partial charge is 0.329 e. The van der Waals surface area contributed by atoms with Crippen molar-refractivity contribution >= 4 is 35.0 Å². The molecule has 0 aliphatic heterocycles. The lowest BCUT2D eigenvalue weighted by Crippen LogP contribution is -2.07. The average molecular weight is 308 g/mol. The van der Waals surface area contributed by atoms with Gasteiger partial charge in [0.15, 0.2) is 10.4 Å². The van der Waals surface area contributed by atoms with E-state index in [1.54, 1.807) is 18.3 Å². The first-order valence-corrected chi connectivity index (χ1v) is 6.86. The third-order valence-electron chi connectivity index (χ3n) is 3.24. The van der Waals surface area contributed by atoms with Gasteiger partial charge in [0.1, 0.15) is 5.82 Å². The van der Waals surface area contributed by atoms with Crippen molar-refractivity contribution in [1.82, 2.24) is 14.5 Å². The number of H-pyrrole nitrogens is 1. The monoisotopic (exact) mass is 307 g/mol. The zero-order valence-corrected chi connectivity index (χ0v) is 12.2. The standard InChI is InChI=1S/C14H11ClFN3S/c1-8(9-3-2-4-11(16)5-9)19-13-12(18-14(19)20)6-10(15)7-17-13/h2-8H,1H3,(H,18,20). The van der Waals surface area contributed by atoms with Crippen molar-refractivity contribution in [2.45, 2.75) is 13.0 Å². The number of nitrogens with zero attached hydrogens (tertiary/aromatic N) is 2. The van der Waals surface area contributed by atoms with Crippen LogP contribution < -0.4 is 0 Å². The third-order valence-corrected chi connectivity index (χ3v) is 3.75. The molecule has 0 bridgehead atoms. The first kappa shape index (κ1) is 13.3. The number of hydrogen-bond donors (Lipinski definition) is 1. The summed E-state index contributed by atoms with van der Waals surface area (Å²) >= 11 is 11.3. The van der Waals surface area contributed by atoms with E-state index < -0.39 is 0 Å². The van der Waals surface area contributed by atoms with Crippen LogP contribution in [0.15, 0.2) is 36.5 Å². The molecule has 0 saturated heterocycles. The van der Waals surface area contributed by atoms with Crippen molar-refractivity contribution < 1.29 is 4.39 Å². The summed E-state index contributed by atoms with van der Waals surface area (Å²) in [4.78, 5) is 7.38. The van der Waals surface area contributed by atoms with Crippen molar-refractivity contribution in [3.05, 3.63) is 57.7 Å². The van der Waals surface area contributed by atoms with Crippen LogP contribution in [0, 0.1) is 10.6 Å². The Morgan fingerprint density at radius 1 is 1.40 bits per heavy atom. The summed E-state index contributed by atoms with van der Waals surface area (Å²) in [6, 6.07) is 8.12. The minimum atomic E-state index is -0.267. The van der Waals surface area contributed by atoms with Gasteiger partial charge in [-0.1, -0.05) is 23.7 Å². The van der Waals surface area contributed by atoms with Gasteiger partial charge in [0.25, 0.3) is 0 Å². The fourth-order valence-corrected chi connectivity index (χ4v) is 2.77. The number of benzene rings is 1. The summed E-state index contributed by atoms with van der Waals surface area (Å²) in [6.45, 7) is 1.95.